The smallest absolute Gasteiger partial charge is 0.222 e. The largest absolute Gasteiger partial charge is 0.353 e. The van der Waals surface area contributed by atoms with E-state index in [1.54, 1.807) is 6.07 Å². The number of hydrogen-bond acceptors (Lipinski definition) is 4. The monoisotopic (exact) mass is 432 g/mol. The average Bonchev–Trinajstić information content (AvgIpc) is 2.85. The van der Waals surface area contributed by atoms with Crippen molar-refractivity contribution < 1.29 is 9.18 Å². The van der Waals surface area contributed by atoms with Crippen molar-refractivity contribution in [1.82, 2.24) is 14.9 Å². The highest BCUT2D eigenvalue weighted by atomic mass is 19.1. The molecule has 2 aromatic carbocycles. The van der Waals surface area contributed by atoms with E-state index in [1.165, 1.54) is 6.07 Å². The predicted octanol–water partition coefficient (Wildman–Crippen LogP) is 4.49. The van der Waals surface area contributed by atoms with Crippen molar-refractivity contribution in [1.29, 1.82) is 0 Å². The highest BCUT2D eigenvalue weighted by Gasteiger charge is 2.25. The van der Waals surface area contributed by atoms with Gasteiger partial charge in [-0.15, -0.1) is 0 Å². The van der Waals surface area contributed by atoms with Gasteiger partial charge in [0.1, 0.15) is 11.6 Å². The summed E-state index contributed by atoms with van der Waals surface area (Å²) in [5, 5.41) is 0. The molecule has 0 radical (unpaired) electrons. The molecule has 0 unspecified atom stereocenters. The maximum absolute atomic E-state index is 14.5. The molecule has 166 valence electrons. The number of rotatable bonds is 6. The first-order chi connectivity index (χ1) is 15.6. The standard InChI is InChI=1S/C26H29FN4O/c1-3-23-21(18-20-12-8-9-13-22(20)27)26(29-25(28-23)19-10-6-5-7-11-19)31-16-14-30(15-17-31)24(32)4-2/h5-13H,3-4,14-18H2,1-2H3. The molecule has 0 spiro atoms. The SMILES string of the molecule is CCC(=O)N1CCN(c2nc(-c3ccccc3)nc(CC)c2Cc2ccccc2F)CC1. The molecule has 32 heavy (non-hydrogen) atoms. The quantitative estimate of drug-likeness (QED) is 0.576. The molecule has 0 bridgehead atoms. The van der Waals surface area contributed by atoms with Crippen LogP contribution in [0, 0.1) is 5.82 Å². The fourth-order valence-corrected chi connectivity index (χ4v) is 4.19. The molecule has 4 rings (SSSR count). The number of anilines is 1. The maximum atomic E-state index is 14.5. The van der Waals surface area contributed by atoms with Gasteiger partial charge >= 0.3 is 0 Å². The molecule has 0 N–H and O–H groups in total. The van der Waals surface area contributed by atoms with Gasteiger partial charge in [0.25, 0.3) is 0 Å². The minimum absolute atomic E-state index is 0.179. The van der Waals surface area contributed by atoms with E-state index in [0.29, 0.717) is 50.4 Å². The normalized spacial score (nSPS) is 14.0. The zero-order valence-corrected chi connectivity index (χ0v) is 18.7. The van der Waals surface area contributed by atoms with Crippen molar-refractivity contribution in [2.24, 2.45) is 0 Å². The third-order valence-electron chi connectivity index (χ3n) is 6.00. The van der Waals surface area contributed by atoms with Crippen molar-refractivity contribution in [2.45, 2.75) is 33.1 Å². The lowest BCUT2D eigenvalue weighted by molar-refractivity contribution is -0.131. The molecule has 0 atom stereocenters. The fourth-order valence-electron chi connectivity index (χ4n) is 4.19. The average molecular weight is 433 g/mol. The number of halogens is 1. The molecule has 2 heterocycles. The van der Waals surface area contributed by atoms with Gasteiger partial charge in [-0.1, -0.05) is 62.4 Å². The third-order valence-corrected chi connectivity index (χ3v) is 6.00. The number of piperazine rings is 1. The van der Waals surface area contributed by atoms with Crippen LogP contribution in [0.3, 0.4) is 0 Å². The minimum Gasteiger partial charge on any atom is -0.353 e. The Bertz CT molecular complexity index is 1080. The summed E-state index contributed by atoms with van der Waals surface area (Å²) < 4.78 is 14.5. The zero-order valence-electron chi connectivity index (χ0n) is 18.7. The first kappa shape index (κ1) is 21.9. The summed E-state index contributed by atoms with van der Waals surface area (Å²) >= 11 is 0. The van der Waals surface area contributed by atoms with Crippen molar-refractivity contribution in [3.05, 3.63) is 77.2 Å². The van der Waals surface area contributed by atoms with Gasteiger partial charge < -0.3 is 9.80 Å². The minimum atomic E-state index is -0.217. The fraction of sp³-hybridized carbons (Fsp3) is 0.346. The third kappa shape index (κ3) is 4.64. The van der Waals surface area contributed by atoms with E-state index in [4.69, 9.17) is 9.97 Å². The van der Waals surface area contributed by atoms with Crippen LogP contribution in [-0.2, 0) is 17.6 Å². The number of amides is 1. The van der Waals surface area contributed by atoms with Crippen LogP contribution >= 0.6 is 0 Å². The summed E-state index contributed by atoms with van der Waals surface area (Å²) in [5.74, 6) is 1.49. The summed E-state index contributed by atoms with van der Waals surface area (Å²) in [7, 11) is 0. The number of benzene rings is 2. The molecule has 1 aliphatic heterocycles. The van der Waals surface area contributed by atoms with E-state index in [0.717, 1.165) is 29.1 Å². The first-order valence-electron chi connectivity index (χ1n) is 11.3. The van der Waals surface area contributed by atoms with E-state index in [9.17, 15) is 9.18 Å². The highest BCUT2D eigenvalue weighted by molar-refractivity contribution is 5.76. The van der Waals surface area contributed by atoms with Gasteiger partial charge in [0.15, 0.2) is 5.82 Å². The topological polar surface area (TPSA) is 49.3 Å². The number of aryl methyl sites for hydroxylation is 1. The van der Waals surface area contributed by atoms with Crippen LogP contribution in [0.4, 0.5) is 10.2 Å². The Kier molecular flexibility index (Phi) is 6.78. The Morgan fingerprint density at radius 1 is 0.938 bits per heavy atom. The van der Waals surface area contributed by atoms with Crippen LogP contribution in [0.15, 0.2) is 54.6 Å². The van der Waals surface area contributed by atoms with Crippen LogP contribution < -0.4 is 4.90 Å². The molecule has 1 fully saturated rings. The second kappa shape index (κ2) is 9.90. The van der Waals surface area contributed by atoms with Crippen molar-refractivity contribution in [3.63, 3.8) is 0 Å². The van der Waals surface area contributed by atoms with Crippen LogP contribution in [-0.4, -0.2) is 47.0 Å². The summed E-state index contributed by atoms with van der Waals surface area (Å²) in [6, 6.07) is 16.8. The van der Waals surface area contributed by atoms with E-state index < -0.39 is 0 Å². The maximum Gasteiger partial charge on any atom is 0.222 e. The second-order valence-electron chi connectivity index (χ2n) is 8.01. The molecule has 1 saturated heterocycles. The molecule has 5 nitrogen and oxygen atoms in total. The molecule has 0 aliphatic carbocycles. The van der Waals surface area contributed by atoms with Gasteiger partial charge in [0, 0.05) is 55.8 Å². The summed E-state index contributed by atoms with van der Waals surface area (Å²) in [6.07, 6.45) is 1.69. The lowest BCUT2D eigenvalue weighted by Crippen LogP contribution is -2.49. The summed E-state index contributed by atoms with van der Waals surface area (Å²) in [6.45, 7) is 6.69. The Hall–Kier alpha value is -3.28. The Morgan fingerprint density at radius 2 is 1.62 bits per heavy atom. The number of carbonyl (C=O) groups excluding carboxylic acids is 1. The van der Waals surface area contributed by atoms with Crippen LogP contribution in [0.25, 0.3) is 11.4 Å². The number of aromatic nitrogens is 2. The van der Waals surface area contributed by atoms with E-state index in [-0.39, 0.29) is 11.7 Å². The van der Waals surface area contributed by atoms with Gasteiger partial charge in [-0.3, -0.25) is 4.79 Å². The Labute approximate surface area is 188 Å². The van der Waals surface area contributed by atoms with E-state index in [1.807, 2.05) is 54.3 Å². The molecular formula is C26H29FN4O. The highest BCUT2D eigenvalue weighted by Crippen LogP contribution is 2.29. The molecular weight excluding hydrogens is 403 g/mol. The summed E-state index contributed by atoms with van der Waals surface area (Å²) in [5.41, 5.74) is 3.50. The van der Waals surface area contributed by atoms with Crippen molar-refractivity contribution in [2.75, 3.05) is 31.1 Å². The van der Waals surface area contributed by atoms with E-state index in [2.05, 4.69) is 11.8 Å². The predicted molar refractivity (Wildman–Crippen MR) is 125 cm³/mol. The number of nitrogens with zero attached hydrogens (tertiary/aromatic N) is 4. The van der Waals surface area contributed by atoms with E-state index >= 15 is 0 Å². The van der Waals surface area contributed by atoms with Gasteiger partial charge in [-0.05, 0) is 18.1 Å². The van der Waals surface area contributed by atoms with Crippen LogP contribution in [0.2, 0.25) is 0 Å². The zero-order chi connectivity index (χ0) is 22.5. The number of hydrogen-bond donors (Lipinski definition) is 0. The van der Waals surface area contributed by atoms with Gasteiger partial charge in [-0.25, -0.2) is 14.4 Å². The Balaban J connectivity index is 1.76. The lowest BCUT2D eigenvalue weighted by Gasteiger charge is -2.36. The molecule has 1 aromatic heterocycles. The second-order valence-corrected chi connectivity index (χ2v) is 8.01. The van der Waals surface area contributed by atoms with Crippen molar-refractivity contribution >= 4 is 11.7 Å². The van der Waals surface area contributed by atoms with Crippen LogP contribution in [0.5, 0.6) is 0 Å². The Morgan fingerprint density at radius 3 is 2.28 bits per heavy atom. The van der Waals surface area contributed by atoms with Crippen molar-refractivity contribution in [3.8, 4) is 11.4 Å². The molecule has 1 aliphatic rings. The molecule has 0 saturated carbocycles. The molecule has 6 heteroatoms. The number of carbonyl (C=O) groups is 1. The van der Waals surface area contributed by atoms with Gasteiger partial charge in [0.05, 0.1) is 0 Å². The van der Waals surface area contributed by atoms with Gasteiger partial charge in [-0.2, -0.15) is 0 Å². The first-order valence-corrected chi connectivity index (χ1v) is 11.3. The lowest BCUT2D eigenvalue weighted by atomic mass is 10.0. The molecule has 3 aromatic rings. The molecule has 1 amide bonds. The summed E-state index contributed by atoms with van der Waals surface area (Å²) in [4.78, 5) is 26.1. The van der Waals surface area contributed by atoms with Gasteiger partial charge in [0.2, 0.25) is 5.91 Å². The van der Waals surface area contributed by atoms with Crippen LogP contribution in [0.1, 0.15) is 37.1 Å².